The summed E-state index contributed by atoms with van der Waals surface area (Å²) < 4.78 is 77.9. The predicted octanol–water partition coefficient (Wildman–Crippen LogP) is 1.34. The smallest absolute Gasteiger partial charge is 0.387 e. The SMILES string of the molecule is COc1cc(OC)c([I+]c2ccc(OC(F)F)cc2)c(OC)c1.Cc1ccc(S(=O)(=O)[O-])cc1. The van der Waals surface area contributed by atoms with Crippen molar-refractivity contribution in [3.63, 3.8) is 0 Å². The lowest BCUT2D eigenvalue weighted by Crippen LogP contribution is -3.61. The van der Waals surface area contributed by atoms with Crippen molar-refractivity contribution in [3.8, 4) is 23.0 Å². The van der Waals surface area contributed by atoms with Crippen LogP contribution in [-0.2, 0) is 10.1 Å². The van der Waals surface area contributed by atoms with Gasteiger partial charge in [-0.3, -0.25) is 0 Å². The van der Waals surface area contributed by atoms with Crippen LogP contribution in [0.1, 0.15) is 5.56 Å². The summed E-state index contributed by atoms with van der Waals surface area (Å²) >= 11 is -0.628. The van der Waals surface area contributed by atoms with E-state index in [1.54, 1.807) is 57.7 Å². The number of halogens is 3. The number of ether oxygens (including phenoxy) is 4. The topological polar surface area (TPSA) is 94.1 Å². The molecule has 0 atom stereocenters. The molecule has 0 spiro atoms. The minimum atomic E-state index is -4.27. The van der Waals surface area contributed by atoms with Gasteiger partial charge < -0.3 is 23.5 Å². The molecule has 0 saturated heterocycles. The molecule has 0 heterocycles. The monoisotopic (exact) mass is 608 g/mol. The van der Waals surface area contributed by atoms with E-state index in [1.165, 1.54) is 24.3 Å². The van der Waals surface area contributed by atoms with Crippen LogP contribution in [0.4, 0.5) is 8.78 Å². The lowest BCUT2D eigenvalue weighted by atomic mass is 10.2. The first-order chi connectivity index (χ1) is 16.1. The largest absolute Gasteiger partial charge is 0.744 e. The first-order valence-corrected chi connectivity index (χ1v) is 13.2. The van der Waals surface area contributed by atoms with E-state index < -0.39 is 37.9 Å². The van der Waals surface area contributed by atoms with E-state index in [-0.39, 0.29) is 10.6 Å². The molecule has 0 bridgehead atoms. The van der Waals surface area contributed by atoms with Crippen molar-refractivity contribution in [1.82, 2.24) is 0 Å². The average molecular weight is 608 g/mol. The number of rotatable bonds is 8. The van der Waals surface area contributed by atoms with Gasteiger partial charge in [0.1, 0.15) is 21.6 Å². The van der Waals surface area contributed by atoms with Gasteiger partial charge >= 0.3 is 27.8 Å². The molecular weight excluding hydrogens is 585 g/mol. The van der Waals surface area contributed by atoms with E-state index in [0.29, 0.717) is 17.2 Å². The molecular formula is C23H23F2IO7S. The highest BCUT2D eigenvalue weighted by atomic mass is 127. The van der Waals surface area contributed by atoms with Crippen LogP contribution < -0.4 is 40.2 Å². The fourth-order valence-electron chi connectivity index (χ4n) is 2.55. The second-order valence-electron chi connectivity index (χ2n) is 6.54. The summed E-state index contributed by atoms with van der Waals surface area (Å²) in [6, 6.07) is 16.0. The van der Waals surface area contributed by atoms with Gasteiger partial charge in [0.2, 0.25) is 0 Å². The molecule has 0 amide bonds. The Morgan fingerprint density at radius 1 is 0.824 bits per heavy atom. The van der Waals surface area contributed by atoms with Crippen LogP contribution in [0, 0.1) is 14.1 Å². The molecule has 3 aromatic rings. The maximum absolute atomic E-state index is 12.2. The number of hydrogen-bond acceptors (Lipinski definition) is 7. The van der Waals surface area contributed by atoms with Crippen molar-refractivity contribution >= 4 is 10.1 Å². The van der Waals surface area contributed by atoms with Crippen LogP contribution in [-0.4, -0.2) is 40.9 Å². The summed E-state index contributed by atoms with van der Waals surface area (Å²) in [6.07, 6.45) is 0. The van der Waals surface area contributed by atoms with Gasteiger partial charge in [-0.05, 0) is 43.3 Å². The van der Waals surface area contributed by atoms with E-state index in [4.69, 9.17) is 14.2 Å². The van der Waals surface area contributed by atoms with Crippen molar-refractivity contribution in [2.75, 3.05) is 21.3 Å². The summed E-state index contributed by atoms with van der Waals surface area (Å²) in [5.74, 6) is 2.15. The van der Waals surface area contributed by atoms with Crippen LogP contribution in [0.5, 0.6) is 23.0 Å². The van der Waals surface area contributed by atoms with E-state index >= 15 is 0 Å². The Bertz CT molecular complexity index is 1140. The highest BCUT2D eigenvalue weighted by Gasteiger charge is 2.28. The van der Waals surface area contributed by atoms with Crippen molar-refractivity contribution in [1.29, 1.82) is 0 Å². The molecule has 3 aromatic carbocycles. The first kappa shape index (κ1) is 27.6. The third-order valence-corrected chi connectivity index (χ3v) is 8.00. The fraction of sp³-hybridized carbons (Fsp3) is 0.217. The average Bonchev–Trinajstić information content (AvgIpc) is 2.80. The first-order valence-electron chi connectivity index (χ1n) is 9.59. The summed E-state index contributed by atoms with van der Waals surface area (Å²) in [4.78, 5) is -0.178. The second-order valence-corrected chi connectivity index (χ2v) is 10.8. The molecule has 0 aliphatic heterocycles. The molecule has 0 N–H and O–H groups in total. The minimum absolute atomic E-state index is 0.140. The summed E-state index contributed by atoms with van der Waals surface area (Å²) in [6.45, 7) is -1.00. The lowest BCUT2D eigenvalue weighted by Gasteiger charge is -2.08. The predicted molar refractivity (Wildman–Crippen MR) is 116 cm³/mol. The Kier molecular flexibility index (Phi) is 10.3. The van der Waals surface area contributed by atoms with Gasteiger partial charge in [0, 0.05) is 12.1 Å². The van der Waals surface area contributed by atoms with E-state index in [9.17, 15) is 21.8 Å². The Balaban J connectivity index is 0.000000310. The molecule has 34 heavy (non-hydrogen) atoms. The molecule has 11 heteroatoms. The van der Waals surface area contributed by atoms with Crippen LogP contribution >= 0.6 is 0 Å². The lowest BCUT2D eigenvalue weighted by molar-refractivity contribution is -0.598. The van der Waals surface area contributed by atoms with Gasteiger partial charge in [-0.25, -0.2) is 8.42 Å². The zero-order valence-corrected chi connectivity index (χ0v) is 21.7. The van der Waals surface area contributed by atoms with Gasteiger partial charge in [0.15, 0.2) is 15.1 Å². The van der Waals surface area contributed by atoms with Gasteiger partial charge in [0.25, 0.3) is 3.57 Å². The zero-order chi connectivity index (χ0) is 25.3. The van der Waals surface area contributed by atoms with E-state index in [2.05, 4.69) is 4.74 Å². The Morgan fingerprint density at radius 3 is 1.76 bits per heavy atom. The summed E-state index contributed by atoms with van der Waals surface area (Å²) in [5.41, 5.74) is 0.928. The van der Waals surface area contributed by atoms with Crippen molar-refractivity contribution in [2.24, 2.45) is 0 Å². The van der Waals surface area contributed by atoms with Crippen molar-refractivity contribution < 1.29 is 61.9 Å². The van der Waals surface area contributed by atoms with Crippen molar-refractivity contribution in [2.45, 2.75) is 18.4 Å². The maximum Gasteiger partial charge on any atom is 0.387 e. The van der Waals surface area contributed by atoms with Crippen LogP contribution in [0.3, 0.4) is 0 Å². The Hall–Kier alpha value is -2.64. The van der Waals surface area contributed by atoms with Crippen LogP contribution in [0.15, 0.2) is 65.6 Å². The zero-order valence-electron chi connectivity index (χ0n) is 18.8. The third kappa shape index (κ3) is 8.29. The minimum Gasteiger partial charge on any atom is -0.744 e. The van der Waals surface area contributed by atoms with E-state index in [0.717, 1.165) is 12.7 Å². The third-order valence-electron chi connectivity index (χ3n) is 4.21. The summed E-state index contributed by atoms with van der Waals surface area (Å²) in [7, 11) is 0.473. The molecule has 0 aromatic heterocycles. The van der Waals surface area contributed by atoms with Crippen LogP contribution in [0.25, 0.3) is 0 Å². The fourth-order valence-corrected chi connectivity index (χ4v) is 5.64. The number of hydrogen-bond donors (Lipinski definition) is 0. The Labute approximate surface area is 207 Å². The highest BCUT2D eigenvalue weighted by Crippen LogP contribution is 2.27. The van der Waals surface area contributed by atoms with Crippen LogP contribution in [0.2, 0.25) is 0 Å². The Morgan fingerprint density at radius 2 is 1.35 bits per heavy atom. The summed E-state index contributed by atoms with van der Waals surface area (Å²) in [5, 5.41) is 0. The molecule has 3 rings (SSSR count). The number of aryl methyl sites for hydroxylation is 1. The van der Waals surface area contributed by atoms with Gasteiger partial charge in [-0.15, -0.1) is 0 Å². The molecule has 7 nitrogen and oxygen atoms in total. The number of alkyl halides is 2. The molecule has 0 aliphatic carbocycles. The van der Waals surface area contributed by atoms with Gasteiger partial charge in [-0.2, -0.15) is 8.78 Å². The molecule has 184 valence electrons. The molecule has 0 unspecified atom stereocenters. The van der Waals surface area contributed by atoms with E-state index in [1.807, 2.05) is 6.92 Å². The quantitative estimate of drug-likeness (QED) is 0.282. The standard InChI is InChI=1S/C16H16F2IO4.C7H8O3S/c1-20-12-8-13(21-2)15(14(9-12)22-3)19-10-4-6-11(7-5-10)23-16(17)18;1-6-2-4-7(5-3-6)11(8,9)10/h4-9,16H,1-3H3;2-5H,1H3,(H,8,9,10)/q+1;/p-1. The van der Waals surface area contributed by atoms with Gasteiger partial charge in [0.05, 0.1) is 26.2 Å². The molecule has 0 aliphatic rings. The highest BCUT2D eigenvalue weighted by molar-refractivity contribution is 7.85. The molecule has 0 fully saturated rings. The number of methoxy groups -OCH3 is 3. The second kappa shape index (κ2) is 12.7. The van der Waals surface area contributed by atoms with Gasteiger partial charge in [-0.1, -0.05) is 17.7 Å². The number of benzene rings is 3. The molecule has 0 radical (unpaired) electrons. The molecule has 0 saturated carbocycles. The maximum atomic E-state index is 12.2. The van der Waals surface area contributed by atoms with Crippen molar-refractivity contribution in [3.05, 3.63) is 73.4 Å². The normalized spacial score (nSPS) is 10.8.